The molecule has 1 aromatic carbocycles. The van der Waals surface area contributed by atoms with Gasteiger partial charge in [0, 0.05) is 37.2 Å². The van der Waals surface area contributed by atoms with E-state index in [1.54, 1.807) is 6.07 Å². The maximum absolute atomic E-state index is 12.6. The van der Waals surface area contributed by atoms with Gasteiger partial charge in [0.25, 0.3) is 0 Å². The highest BCUT2D eigenvalue weighted by Gasteiger charge is 2.46. The Kier molecular flexibility index (Phi) is 3.68. The summed E-state index contributed by atoms with van der Waals surface area (Å²) in [4.78, 5) is 25.8. The van der Waals surface area contributed by atoms with Gasteiger partial charge in [0.1, 0.15) is 0 Å². The van der Waals surface area contributed by atoms with Crippen LogP contribution >= 0.6 is 0 Å². The van der Waals surface area contributed by atoms with Gasteiger partial charge in [-0.2, -0.15) is 0 Å². The number of benzene rings is 1. The number of nitrogens with zero attached hydrogens (tertiary/aromatic N) is 1. The van der Waals surface area contributed by atoms with Crippen LogP contribution in [-0.4, -0.2) is 42.4 Å². The number of nitrogens with one attached hydrogen (secondary N) is 1. The van der Waals surface area contributed by atoms with Crippen LogP contribution in [0.15, 0.2) is 24.3 Å². The van der Waals surface area contributed by atoms with Gasteiger partial charge in [0.2, 0.25) is 11.8 Å². The first-order valence-corrected chi connectivity index (χ1v) is 7.49. The number of carbonyl (C=O) groups excluding carboxylic acids is 2. The second kappa shape index (κ2) is 5.48. The molecule has 0 spiro atoms. The van der Waals surface area contributed by atoms with Crippen LogP contribution in [0.3, 0.4) is 0 Å². The van der Waals surface area contributed by atoms with Gasteiger partial charge < -0.3 is 16.0 Å². The van der Waals surface area contributed by atoms with Crippen molar-refractivity contribution in [3.05, 3.63) is 35.4 Å². The molecule has 1 saturated carbocycles. The van der Waals surface area contributed by atoms with Crippen LogP contribution in [0.2, 0.25) is 0 Å². The number of piperazine rings is 1. The van der Waals surface area contributed by atoms with Gasteiger partial charge in [-0.1, -0.05) is 12.1 Å². The molecule has 1 saturated heterocycles. The molecule has 3 atom stereocenters. The molecular formula is C16H21N3O2. The average Bonchev–Trinajstić information content (AvgIpc) is 3.28. The topological polar surface area (TPSA) is 75.4 Å². The van der Waals surface area contributed by atoms with E-state index in [0.717, 1.165) is 31.6 Å². The van der Waals surface area contributed by atoms with Crippen LogP contribution in [0, 0.1) is 5.92 Å². The maximum Gasteiger partial charge on any atom is 0.248 e. The van der Waals surface area contributed by atoms with Crippen LogP contribution in [0.1, 0.15) is 35.2 Å². The van der Waals surface area contributed by atoms with E-state index in [0.29, 0.717) is 5.56 Å². The lowest BCUT2D eigenvalue weighted by Gasteiger charge is -2.34. The van der Waals surface area contributed by atoms with Crippen molar-refractivity contribution in [1.82, 2.24) is 10.2 Å². The van der Waals surface area contributed by atoms with Crippen molar-refractivity contribution < 1.29 is 9.59 Å². The molecule has 21 heavy (non-hydrogen) atoms. The van der Waals surface area contributed by atoms with Gasteiger partial charge in [-0.05, 0) is 37.0 Å². The molecule has 1 heterocycles. The minimum Gasteiger partial charge on any atom is -0.366 e. The third-order valence-electron chi connectivity index (χ3n) is 4.49. The lowest BCUT2D eigenvalue weighted by Crippen LogP contribution is -2.52. The first kappa shape index (κ1) is 14.1. The van der Waals surface area contributed by atoms with Gasteiger partial charge in [-0.25, -0.2) is 0 Å². The van der Waals surface area contributed by atoms with Crippen molar-refractivity contribution in [3.8, 4) is 0 Å². The SMILES string of the molecule is C[C@@H]1CNCCN1C(=O)C1CC1c1cccc(C(N)=O)c1. The van der Waals surface area contributed by atoms with Crippen molar-refractivity contribution in [2.24, 2.45) is 11.7 Å². The van der Waals surface area contributed by atoms with E-state index in [2.05, 4.69) is 12.2 Å². The van der Waals surface area contributed by atoms with Crippen LogP contribution < -0.4 is 11.1 Å². The lowest BCUT2D eigenvalue weighted by molar-refractivity contribution is -0.135. The molecule has 2 fully saturated rings. The van der Waals surface area contributed by atoms with Gasteiger partial charge in [-0.3, -0.25) is 9.59 Å². The highest BCUT2D eigenvalue weighted by Crippen LogP contribution is 2.48. The molecule has 0 radical (unpaired) electrons. The standard InChI is InChI=1S/C16H21N3O2/c1-10-9-18-5-6-19(10)16(21)14-8-13(14)11-3-2-4-12(7-11)15(17)20/h2-4,7,10,13-14,18H,5-6,8-9H2,1H3,(H2,17,20)/t10-,13?,14?/m1/s1. The van der Waals surface area contributed by atoms with E-state index in [-0.39, 0.29) is 23.8 Å². The normalized spacial score (nSPS) is 28.2. The smallest absolute Gasteiger partial charge is 0.248 e. The Morgan fingerprint density at radius 3 is 2.90 bits per heavy atom. The molecule has 0 aromatic heterocycles. The fraction of sp³-hybridized carbons (Fsp3) is 0.500. The van der Waals surface area contributed by atoms with E-state index < -0.39 is 5.91 Å². The molecule has 2 aliphatic rings. The summed E-state index contributed by atoms with van der Waals surface area (Å²) < 4.78 is 0. The van der Waals surface area contributed by atoms with E-state index in [9.17, 15) is 9.59 Å². The summed E-state index contributed by atoms with van der Waals surface area (Å²) in [6, 6.07) is 7.60. The minimum atomic E-state index is -0.420. The number of primary amides is 1. The summed E-state index contributed by atoms with van der Waals surface area (Å²) in [6.07, 6.45) is 0.873. The maximum atomic E-state index is 12.6. The van der Waals surface area contributed by atoms with Crippen LogP contribution in [-0.2, 0) is 4.79 Å². The molecule has 0 bridgehead atoms. The highest BCUT2D eigenvalue weighted by atomic mass is 16.2. The summed E-state index contributed by atoms with van der Waals surface area (Å²) >= 11 is 0. The molecule has 112 valence electrons. The Morgan fingerprint density at radius 1 is 1.38 bits per heavy atom. The van der Waals surface area contributed by atoms with E-state index in [1.807, 2.05) is 23.1 Å². The zero-order chi connectivity index (χ0) is 15.0. The number of hydrogen-bond donors (Lipinski definition) is 2. The molecule has 1 aliphatic carbocycles. The second-order valence-electron chi connectivity index (χ2n) is 6.02. The molecule has 5 heteroatoms. The van der Waals surface area contributed by atoms with E-state index >= 15 is 0 Å². The van der Waals surface area contributed by atoms with Crippen molar-refractivity contribution in [3.63, 3.8) is 0 Å². The summed E-state index contributed by atoms with van der Waals surface area (Å²) in [7, 11) is 0. The Bertz CT molecular complexity index is 572. The van der Waals surface area contributed by atoms with Crippen molar-refractivity contribution >= 4 is 11.8 Å². The molecule has 2 amide bonds. The third-order valence-corrected chi connectivity index (χ3v) is 4.49. The van der Waals surface area contributed by atoms with E-state index in [1.165, 1.54) is 0 Å². The average molecular weight is 287 g/mol. The predicted molar refractivity (Wildman–Crippen MR) is 79.9 cm³/mol. The van der Waals surface area contributed by atoms with Crippen molar-refractivity contribution in [1.29, 1.82) is 0 Å². The van der Waals surface area contributed by atoms with Crippen LogP contribution in [0.25, 0.3) is 0 Å². The Labute approximate surface area is 124 Å². The van der Waals surface area contributed by atoms with Gasteiger partial charge in [0.05, 0.1) is 0 Å². The zero-order valence-corrected chi connectivity index (χ0v) is 12.2. The van der Waals surface area contributed by atoms with Crippen LogP contribution in [0.5, 0.6) is 0 Å². The minimum absolute atomic E-state index is 0.0636. The van der Waals surface area contributed by atoms with Gasteiger partial charge in [0.15, 0.2) is 0 Å². The Balaban J connectivity index is 1.69. The summed E-state index contributed by atoms with van der Waals surface area (Å²) in [5, 5.41) is 3.30. The number of nitrogens with two attached hydrogens (primary N) is 1. The summed E-state index contributed by atoms with van der Waals surface area (Å²) in [5.41, 5.74) is 6.88. The molecule has 1 aliphatic heterocycles. The number of carbonyl (C=O) groups is 2. The number of amides is 2. The fourth-order valence-electron chi connectivity index (χ4n) is 3.14. The van der Waals surface area contributed by atoms with Gasteiger partial charge in [-0.15, -0.1) is 0 Å². The first-order chi connectivity index (χ1) is 10.1. The molecule has 1 aromatic rings. The lowest BCUT2D eigenvalue weighted by atomic mass is 10.0. The fourth-order valence-corrected chi connectivity index (χ4v) is 3.14. The predicted octanol–water partition coefficient (Wildman–Crippen LogP) is 0.709. The van der Waals surface area contributed by atoms with Crippen molar-refractivity contribution in [2.75, 3.05) is 19.6 Å². The van der Waals surface area contributed by atoms with Crippen molar-refractivity contribution in [2.45, 2.75) is 25.3 Å². The zero-order valence-electron chi connectivity index (χ0n) is 12.2. The second-order valence-corrected chi connectivity index (χ2v) is 6.02. The Morgan fingerprint density at radius 2 is 2.19 bits per heavy atom. The van der Waals surface area contributed by atoms with Gasteiger partial charge >= 0.3 is 0 Å². The summed E-state index contributed by atoms with van der Waals surface area (Å²) in [5.74, 6) is 0.127. The number of rotatable bonds is 3. The van der Waals surface area contributed by atoms with Crippen LogP contribution in [0.4, 0.5) is 0 Å². The highest BCUT2D eigenvalue weighted by molar-refractivity contribution is 5.93. The quantitative estimate of drug-likeness (QED) is 0.859. The molecule has 3 rings (SSSR count). The largest absolute Gasteiger partial charge is 0.366 e. The molecule has 3 N–H and O–H groups in total. The first-order valence-electron chi connectivity index (χ1n) is 7.49. The molecule has 5 nitrogen and oxygen atoms in total. The monoisotopic (exact) mass is 287 g/mol. The third kappa shape index (κ3) is 2.78. The molecule has 2 unspecified atom stereocenters. The molecular weight excluding hydrogens is 266 g/mol. The summed E-state index contributed by atoms with van der Waals surface area (Å²) in [6.45, 7) is 4.59. The van der Waals surface area contributed by atoms with E-state index in [4.69, 9.17) is 5.73 Å². The number of hydrogen-bond acceptors (Lipinski definition) is 3. The Hall–Kier alpha value is -1.88.